The van der Waals surface area contributed by atoms with E-state index in [1.54, 1.807) is 7.11 Å². The summed E-state index contributed by atoms with van der Waals surface area (Å²) in [5.74, 6) is 0. The van der Waals surface area contributed by atoms with Gasteiger partial charge in [-0.25, -0.2) is 0 Å². The van der Waals surface area contributed by atoms with Crippen LogP contribution < -0.4 is 11.5 Å². The van der Waals surface area contributed by atoms with Gasteiger partial charge in [-0.1, -0.05) is 65.9 Å². The van der Waals surface area contributed by atoms with Gasteiger partial charge in [-0.05, 0) is 35.4 Å². The molecule has 0 fully saturated rings. The number of benzene rings is 1. The highest BCUT2D eigenvalue weighted by molar-refractivity contribution is 5.70. The number of ether oxygens (including phenoxy) is 1. The topological polar surface area (TPSA) is 78.3 Å². The van der Waals surface area contributed by atoms with Gasteiger partial charge in [0.1, 0.15) is 6.29 Å². The molecule has 0 spiro atoms. The maximum atomic E-state index is 10.4. The molecule has 0 atom stereocenters. The van der Waals surface area contributed by atoms with Gasteiger partial charge in [0.05, 0.1) is 11.4 Å². The first-order valence-electron chi connectivity index (χ1n) is 9.88. The molecule has 0 aliphatic rings. The Balaban J connectivity index is 0.000000541. The predicted molar refractivity (Wildman–Crippen MR) is 114 cm³/mol. The Hall–Kier alpha value is -1.55. The molecule has 26 heavy (non-hydrogen) atoms. The van der Waals surface area contributed by atoms with Crippen LogP contribution in [-0.2, 0) is 21.4 Å². The zero-order valence-corrected chi connectivity index (χ0v) is 17.6. The summed E-state index contributed by atoms with van der Waals surface area (Å²) in [7, 11) is 1.77. The molecule has 1 aromatic rings. The van der Waals surface area contributed by atoms with E-state index < -0.39 is 0 Å². The Morgan fingerprint density at radius 1 is 1.04 bits per heavy atom. The molecule has 0 amide bonds. The lowest BCUT2D eigenvalue weighted by molar-refractivity contribution is -0.107. The summed E-state index contributed by atoms with van der Waals surface area (Å²) < 4.78 is 4.95. The molecule has 0 saturated carbocycles. The molecule has 0 heterocycles. The van der Waals surface area contributed by atoms with Gasteiger partial charge in [0.15, 0.2) is 0 Å². The summed E-state index contributed by atoms with van der Waals surface area (Å²) in [5, 5.41) is 0. The number of anilines is 2. The summed E-state index contributed by atoms with van der Waals surface area (Å²) in [6.45, 7) is 9.48. The third-order valence-electron chi connectivity index (χ3n) is 4.33. The summed E-state index contributed by atoms with van der Waals surface area (Å²) >= 11 is 0. The molecule has 0 aliphatic carbocycles. The zero-order valence-electron chi connectivity index (χ0n) is 17.6. The fourth-order valence-electron chi connectivity index (χ4n) is 2.75. The van der Waals surface area contributed by atoms with Crippen LogP contribution in [0.4, 0.5) is 11.4 Å². The van der Waals surface area contributed by atoms with Crippen molar-refractivity contribution in [3.05, 3.63) is 23.3 Å². The van der Waals surface area contributed by atoms with Crippen molar-refractivity contribution < 1.29 is 9.53 Å². The number of nitrogens with two attached hydrogens (primary N) is 2. The number of hydrogen-bond donors (Lipinski definition) is 2. The number of hydrogen-bond acceptors (Lipinski definition) is 4. The van der Waals surface area contributed by atoms with Gasteiger partial charge in [-0.2, -0.15) is 0 Å². The van der Waals surface area contributed by atoms with Crippen molar-refractivity contribution >= 4 is 17.7 Å². The van der Waals surface area contributed by atoms with E-state index in [1.165, 1.54) is 38.5 Å². The van der Waals surface area contributed by atoms with Crippen LogP contribution in [0.2, 0.25) is 0 Å². The van der Waals surface area contributed by atoms with Gasteiger partial charge in [0.2, 0.25) is 0 Å². The SMILES string of the molecule is CC(C)(C)c1cc(CCC=O)cc(N)c1N.CCCCCCCCOC. The highest BCUT2D eigenvalue weighted by Gasteiger charge is 2.19. The van der Waals surface area contributed by atoms with Crippen molar-refractivity contribution in [2.24, 2.45) is 0 Å². The van der Waals surface area contributed by atoms with Crippen molar-refractivity contribution in [2.75, 3.05) is 25.2 Å². The summed E-state index contributed by atoms with van der Waals surface area (Å²) in [5.41, 5.74) is 15.2. The molecule has 4 heteroatoms. The zero-order chi connectivity index (χ0) is 20.0. The third-order valence-corrected chi connectivity index (χ3v) is 4.33. The Bertz CT molecular complexity index is 500. The average Bonchev–Trinajstić information content (AvgIpc) is 2.58. The van der Waals surface area contributed by atoms with Gasteiger partial charge in [-0.3, -0.25) is 0 Å². The van der Waals surface area contributed by atoms with Gasteiger partial charge in [0.25, 0.3) is 0 Å². The predicted octanol–water partition coefficient (Wildman–Crippen LogP) is 5.27. The Kier molecular flexibility index (Phi) is 12.8. The summed E-state index contributed by atoms with van der Waals surface area (Å²) in [4.78, 5) is 10.4. The molecular weight excluding hydrogens is 324 g/mol. The first-order valence-corrected chi connectivity index (χ1v) is 9.88. The number of nitrogen functional groups attached to an aromatic ring is 2. The molecule has 1 rings (SSSR count). The average molecular weight is 365 g/mol. The maximum Gasteiger partial charge on any atom is 0.120 e. The number of aldehydes is 1. The molecule has 4 N–H and O–H groups in total. The fraction of sp³-hybridized carbons (Fsp3) is 0.682. The minimum absolute atomic E-state index is 0.0323. The van der Waals surface area contributed by atoms with Crippen LogP contribution in [0.5, 0.6) is 0 Å². The highest BCUT2D eigenvalue weighted by atomic mass is 16.5. The van der Waals surface area contributed by atoms with Crippen LogP contribution in [0.25, 0.3) is 0 Å². The van der Waals surface area contributed by atoms with Crippen LogP contribution in [0.1, 0.15) is 83.8 Å². The minimum Gasteiger partial charge on any atom is -0.397 e. The van der Waals surface area contributed by atoms with E-state index in [4.69, 9.17) is 16.2 Å². The Labute approximate surface area is 160 Å². The number of carbonyl (C=O) groups excluding carboxylic acids is 1. The van der Waals surface area contributed by atoms with Crippen LogP contribution in [-0.4, -0.2) is 20.0 Å². The number of methoxy groups -OCH3 is 1. The lowest BCUT2D eigenvalue weighted by Gasteiger charge is -2.23. The second kappa shape index (κ2) is 13.6. The fourth-order valence-corrected chi connectivity index (χ4v) is 2.75. The van der Waals surface area contributed by atoms with E-state index in [0.717, 1.165) is 30.4 Å². The van der Waals surface area contributed by atoms with Crippen molar-refractivity contribution in [3.8, 4) is 0 Å². The molecule has 0 saturated heterocycles. The van der Waals surface area contributed by atoms with E-state index >= 15 is 0 Å². The summed E-state index contributed by atoms with van der Waals surface area (Å²) in [6, 6.07) is 3.91. The van der Waals surface area contributed by atoms with E-state index in [2.05, 4.69) is 33.8 Å². The van der Waals surface area contributed by atoms with Crippen LogP contribution in [0.15, 0.2) is 12.1 Å². The lowest BCUT2D eigenvalue weighted by atomic mass is 9.84. The molecule has 0 aromatic heterocycles. The van der Waals surface area contributed by atoms with Crippen LogP contribution in [0.3, 0.4) is 0 Å². The monoisotopic (exact) mass is 364 g/mol. The molecule has 1 aromatic carbocycles. The van der Waals surface area contributed by atoms with Crippen molar-refractivity contribution in [1.29, 1.82) is 0 Å². The molecule has 150 valence electrons. The number of rotatable bonds is 10. The highest BCUT2D eigenvalue weighted by Crippen LogP contribution is 2.32. The molecule has 0 radical (unpaired) electrons. The quantitative estimate of drug-likeness (QED) is 0.336. The Morgan fingerprint density at radius 2 is 1.65 bits per heavy atom. The van der Waals surface area contributed by atoms with Gasteiger partial charge >= 0.3 is 0 Å². The van der Waals surface area contributed by atoms with E-state index in [-0.39, 0.29) is 5.41 Å². The second-order valence-electron chi connectivity index (χ2n) is 7.86. The van der Waals surface area contributed by atoms with Gasteiger partial charge < -0.3 is 21.0 Å². The Morgan fingerprint density at radius 3 is 2.19 bits per heavy atom. The van der Waals surface area contributed by atoms with Crippen molar-refractivity contribution in [3.63, 3.8) is 0 Å². The first kappa shape index (κ1) is 24.5. The van der Waals surface area contributed by atoms with Gasteiger partial charge in [0, 0.05) is 20.1 Å². The molecular formula is C22H40N2O2. The lowest BCUT2D eigenvalue weighted by Crippen LogP contribution is -2.16. The first-order chi connectivity index (χ1) is 12.3. The van der Waals surface area contributed by atoms with E-state index in [0.29, 0.717) is 17.8 Å². The van der Waals surface area contributed by atoms with Crippen molar-refractivity contribution in [2.45, 2.75) is 84.5 Å². The molecule has 0 bridgehead atoms. The second-order valence-corrected chi connectivity index (χ2v) is 7.86. The maximum absolute atomic E-state index is 10.4. The van der Waals surface area contributed by atoms with Crippen LogP contribution in [0, 0.1) is 0 Å². The van der Waals surface area contributed by atoms with Crippen LogP contribution >= 0.6 is 0 Å². The molecule has 0 unspecified atom stereocenters. The largest absolute Gasteiger partial charge is 0.397 e. The molecule has 0 aliphatic heterocycles. The molecule has 4 nitrogen and oxygen atoms in total. The van der Waals surface area contributed by atoms with Gasteiger partial charge in [-0.15, -0.1) is 0 Å². The smallest absolute Gasteiger partial charge is 0.120 e. The standard InChI is InChI=1S/C13H20N2O.C9H20O/c1-13(2,3)10-7-9(5-4-6-16)8-11(14)12(10)15;1-3-4-5-6-7-8-9-10-2/h6-8H,4-5,14-15H2,1-3H3;3-9H2,1-2H3. The summed E-state index contributed by atoms with van der Waals surface area (Å²) in [6.07, 6.45) is 10.3. The van der Waals surface area contributed by atoms with Crippen molar-refractivity contribution in [1.82, 2.24) is 0 Å². The number of unbranched alkanes of at least 4 members (excludes halogenated alkanes) is 5. The number of aryl methyl sites for hydroxylation is 1. The minimum atomic E-state index is -0.0323. The number of carbonyl (C=O) groups is 1. The van der Waals surface area contributed by atoms with E-state index in [9.17, 15) is 4.79 Å². The van der Waals surface area contributed by atoms with E-state index in [1.807, 2.05) is 6.07 Å². The normalized spacial score (nSPS) is 11.0. The third kappa shape index (κ3) is 10.4.